The lowest BCUT2D eigenvalue weighted by Gasteiger charge is -2.02. The number of ketones is 1. The topological polar surface area (TPSA) is 43.4 Å². The minimum atomic E-state index is -0.185. The van der Waals surface area contributed by atoms with Crippen LogP contribution in [-0.4, -0.2) is 18.4 Å². The summed E-state index contributed by atoms with van der Waals surface area (Å²) in [6.07, 6.45) is 5.67. The molecule has 126 valence electrons. The summed E-state index contributed by atoms with van der Waals surface area (Å²) >= 11 is 0. The fraction of sp³-hybridized carbons (Fsp3) is 0.600. The van der Waals surface area contributed by atoms with Gasteiger partial charge in [-0.1, -0.05) is 56.5 Å². The molecule has 1 aromatic rings. The highest BCUT2D eigenvalue weighted by Crippen LogP contribution is 2.51. The van der Waals surface area contributed by atoms with Gasteiger partial charge in [0.25, 0.3) is 0 Å². The van der Waals surface area contributed by atoms with Crippen molar-refractivity contribution in [1.82, 2.24) is 0 Å². The standard InChI is InChI=1S/C20H28O3/c1-3-5-7-12-16-18(19(16)20(22)23-4-2)17(21)14-13-15-10-8-6-9-11-15/h6,8-11,16,18-19H,3-5,7,12-14H2,1-2H3/t16-,18+,19+/m0/s1. The van der Waals surface area contributed by atoms with Crippen molar-refractivity contribution in [3.05, 3.63) is 35.9 Å². The van der Waals surface area contributed by atoms with Crippen molar-refractivity contribution in [1.29, 1.82) is 0 Å². The van der Waals surface area contributed by atoms with E-state index in [0.717, 1.165) is 32.1 Å². The molecule has 0 aromatic heterocycles. The van der Waals surface area contributed by atoms with Gasteiger partial charge in [0.05, 0.1) is 12.5 Å². The smallest absolute Gasteiger partial charge is 0.309 e. The first-order chi connectivity index (χ1) is 11.2. The molecule has 1 aliphatic rings. The summed E-state index contributed by atoms with van der Waals surface area (Å²) < 4.78 is 5.15. The predicted octanol–water partition coefficient (Wildman–Crippen LogP) is 4.19. The highest BCUT2D eigenvalue weighted by atomic mass is 16.5. The summed E-state index contributed by atoms with van der Waals surface area (Å²) in [5.41, 5.74) is 1.18. The van der Waals surface area contributed by atoms with Crippen LogP contribution in [0.2, 0.25) is 0 Å². The first-order valence-corrected chi connectivity index (χ1v) is 8.92. The SMILES string of the molecule is CCCCC[C@@H]1[C@@H](C(=O)OCC)[C@H]1C(=O)CCc1ccccc1. The molecule has 23 heavy (non-hydrogen) atoms. The van der Waals surface area contributed by atoms with Crippen LogP contribution in [0.1, 0.15) is 51.5 Å². The molecule has 3 nitrogen and oxygen atoms in total. The lowest BCUT2D eigenvalue weighted by atomic mass is 10.0. The number of ether oxygens (including phenoxy) is 1. The Hall–Kier alpha value is -1.64. The maximum Gasteiger partial charge on any atom is 0.309 e. The van der Waals surface area contributed by atoms with Crippen molar-refractivity contribution in [3.8, 4) is 0 Å². The minimum absolute atomic E-state index is 0.102. The van der Waals surface area contributed by atoms with Crippen molar-refractivity contribution < 1.29 is 14.3 Å². The molecular formula is C20H28O3. The molecule has 2 rings (SSSR count). The zero-order valence-corrected chi connectivity index (χ0v) is 14.3. The van der Waals surface area contributed by atoms with E-state index in [9.17, 15) is 9.59 Å². The molecule has 0 N–H and O–H groups in total. The number of carbonyl (C=O) groups excluding carboxylic acids is 2. The van der Waals surface area contributed by atoms with Crippen LogP contribution in [0.25, 0.3) is 0 Å². The van der Waals surface area contributed by atoms with E-state index in [4.69, 9.17) is 4.74 Å². The zero-order valence-electron chi connectivity index (χ0n) is 14.3. The summed E-state index contributed by atoms with van der Waals surface area (Å²) in [5, 5.41) is 0. The van der Waals surface area contributed by atoms with Gasteiger partial charge in [-0.2, -0.15) is 0 Å². The van der Waals surface area contributed by atoms with Crippen molar-refractivity contribution in [3.63, 3.8) is 0 Å². The number of aryl methyl sites for hydroxylation is 1. The van der Waals surface area contributed by atoms with E-state index in [2.05, 4.69) is 6.92 Å². The normalized spacial score (nSPS) is 22.6. The largest absolute Gasteiger partial charge is 0.466 e. The highest BCUT2D eigenvalue weighted by molar-refractivity contribution is 5.92. The van der Waals surface area contributed by atoms with Crippen LogP contribution in [0.15, 0.2) is 30.3 Å². The summed E-state index contributed by atoms with van der Waals surface area (Å²) in [5.74, 6) is -0.0194. The van der Waals surface area contributed by atoms with E-state index < -0.39 is 0 Å². The van der Waals surface area contributed by atoms with E-state index in [0.29, 0.717) is 13.0 Å². The summed E-state index contributed by atoms with van der Waals surface area (Å²) in [6.45, 7) is 4.37. The summed E-state index contributed by atoms with van der Waals surface area (Å²) in [4.78, 5) is 24.6. The lowest BCUT2D eigenvalue weighted by Crippen LogP contribution is -2.12. The highest BCUT2D eigenvalue weighted by Gasteiger charge is 2.58. The van der Waals surface area contributed by atoms with Crippen LogP contribution in [0.5, 0.6) is 0 Å². The molecule has 3 atom stereocenters. The second-order valence-electron chi connectivity index (χ2n) is 6.42. The van der Waals surface area contributed by atoms with Gasteiger partial charge in [-0.05, 0) is 31.2 Å². The van der Waals surface area contributed by atoms with E-state index in [-0.39, 0.29) is 29.5 Å². The molecule has 0 amide bonds. The number of esters is 1. The Balaban J connectivity index is 1.88. The molecule has 1 aliphatic carbocycles. The van der Waals surface area contributed by atoms with Crippen LogP contribution in [0.3, 0.4) is 0 Å². The molecule has 0 saturated heterocycles. The van der Waals surface area contributed by atoms with Crippen LogP contribution in [-0.2, 0) is 20.7 Å². The van der Waals surface area contributed by atoms with Gasteiger partial charge in [-0.25, -0.2) is 0 Å². The monoisotopic (exact) mass is 316 g/mol. The molecule has 0 unspecified atom stereocenters. The van der Waals surface area contributed by atoms with Crippen LogP contribution >= 0.6 is 0 Å². The molecule has 1 fully saturated rings. The number of unbranched alkanes of at least 4 members (excludes halogenated alkanes) is 2. The van der Waals surface area contributed by atoms with Gasteiger partial charge in [0, 0.05) is 12.3 Å². The second kappa shape index (κ2) is 8.85. The van der Waals surface area contributed by atoms with Crippen molar-refractivity contribution in [2.75, 3.05) is 6.61 Å². The van der Waals surface area contributed by atoms with E-state index in [1.54, 1.807) is 0 Å². The Labute approximate surface area is 139 Å². The molecule has 0 spiro atoms. The number of rotatable bonds is 10. The third kappa shape index (κ3) is 4.92. The number of hydrogen-bond donors (Lipinski definition) is 0. The number of hydrogen-bond acceptors (Lipinski definition) is 3. The molecule has 0 bridgehead atoms. The van der Waals surface area contributed by atoms with Crippen molar-refractivity contribution >= 4 is 11.8 Å². The van der Waals surface area contributed by atoms with Gasteiger partial charge < -0.3 is 4.74 Å². The fourth-order valence-electron chi connectivity index (χ4n) is 3.44. The quantitative estimate of drug-likeness (QED) is 0.480. The van der Waals surface area contributed by atoms with Crippen LogP contribution in [0, 0.1) is 17.8 Å². The molecule has 1 aromatic carbocycles. The molecular weight excluding hydrogens is 288 g/mol. The van der Waals surface area contributed by atoms with Crippen LogP contribution < -0.4 is 0 Å². The lowest BCUT2D eigenvalue weighted by molar-refractivity contribution is -0.146. The van der Waals surface area contributed by atoms with E-state index in [1.807, 2.05) is 37.3 Å². The maximum absolute atomic E-state index is 12.5. The average Bonchev–Trinajstić information content (AvgIpc) is 3.28. The average molecular weight is 316 g/mol. The van der Waals surface area contributed by atoms with Gasteiger partial charge in [0.2, 0.25) is 0 Å². The molecule has 3 heteroatoms. The zero-order chi connectivity index (χ0) is 16.7. The van der Waals surface area contributed by atoms with E-state index in [1.165, 1.54) is 5.56 Å². The van der Waals surface area contributed by atoms with Gasteiger partial charge in [0.15, 0.2) is 0 Å². The Morgan fingerprint density at radius 1 is 1.04 bits per heavy atom. The van der Waals surface area contributed by atoms with Gasteiger partial charge in [0.1, 0.15) is 5.78 Å². The van der Waals surface area contributed by atoms with Crippen molar-refractivity contribution in [2.45, 2.75) is 52.4 Å². The molecule has 0 radical (unpaired) electrons. The number of carbonyl (C=O) groups is 2. The maximum atomic E-state index is 12.5. The third-order valence-corrected chi connectivity index (χ3v) is 4.74. The first-order valence-electron chi connectivity index (χ1n) is 8.92. The Morgan fingerprint density at radius 3 is 2.43 bits per heavy atom. The van der Waals surface area contributed by atoms with E-state index >= 15 is 0 Å². The second-order valence-corrected chi connectivity index (χ2v) is 6.42. The Kier molecular flexibility index (Phi) is 6.82. The summed E-state index contributed by atoms with van der Waals surface area (Å²) in [7, 11) is 0. The Morgan fingerprint density at radius 2 is 1.78 bits per heavy atom. The van der Waals surface area contributed by atoms with Gasteiger partial charge in [-0.15, -0.1) is 0 Å². The molecule has 1 saturated carbocycles. The molecule has 0 heterocycles. The summed E-state index contributed by atoms with van der Waals surface area (Å²) in [6, 6.07) is 10.0. The minimum Gasteiger partial charge on any atom is -0.466 e. The van der Waals surface area contributed by atoms with Gasteiger partial charge in [-0.3, -0.25) is 9.59 Å². The van der Waals surface area contributed by atoms with Gasteiger partial charge >= 0.3 is 5.97 Å². The number of Topliss-reactive ketones (excluding diaryl/α,β-unsaturated/α-hetero) is 1. The number of benzene rings is 1. The third-order valence-electron chi connectivity index (χ3n) is 4.74. The van der Waals surface area contributed by atoms with Crippen molar-refractivity contribution in [2.24, 2.45) is 17.8 Å². The first kappa shape index (κ1) is 17.7. The Bertz CT molecular complexity index is 509. The van der Waals surface area contributed by atoms with Crippen LogP contribution in [0.4, 0.5) is 0 Å². The fourth-order valence-corrected chi connectivity index (χ4v) is 3.44. The molecule has 0 aliphatic heterocycles. The predicted molar refractivity (Wildman–Crippen MR) is 91.0 cm³/mol.